The molecule has 1 amide bonds. The third-order valence-corrected chi connectivity index (χ3v) is 3.51. The zero-order chi connectivity index (χ0) is 14.7. The second-order valence-electron chi connectivity index (χ2n) is 5.07. The van der Waals surface area contributed by atoms with E-state index in [4.69, 9.17) is 9.84 Å². The first-order chi connectivity index (χ1) is 9.49. The molecule has 0 bridgehead atoms. The van der Waals surface area contributed by atoms with Crippen LogP contribution >= 0.6 is 0 Å². The van der Waals surface area contributed by atoms with Crippen LogP contribution in [0.2, 0.25) is 0 Å². The molecule has 0 aromatic heterocycles. The molecule has 5 nitrogen and oxygen atoms in total. The standard InChI is InChI=1S/C15H19NO4/c1-10-9-12(5-6-13(10)15(18)19)20-11(2)14(17)16-7-3-4-8-16/h5-6,9,11H,3-4,7-8H2,1-2H3,(H,18,19). The van der Waals surface area contributed by atoms with Crippen molar-refractivity contribution < 1.29 is 19.4 Å². The Morgan fingerprint density at radius 3 is 2.50 bits per heavy atom. The average molecular weight is 277 g/mol. The highest BCUT2D eigenvalue weighted by Crippen LogP contribution is 2.19. The van der Waals surface area contributed by atoms with Crippen LogP contribution < -0.4 is 4.74 Å². The molecule has 1 aliphatic rings. The van der Waals surface area contributed by atoms with Crippen molar-refractivity contribution in [3.8, 4) is 5.75 Å². The fourth-order valence-electron chi connectivity index (χ4n) is 2.40. The predicted molar refractivity (Wildman–Crippen MR) is 74.0 cm³/mol. The van der Waals surface area contributed by atoms with Gasteiger partial charge in [-0.05, 0) is 50.5 Å². The zero-order valence-electron chi connectivity index (χ0n) is 11.8. The van der Waals surface area contributed by atoms with E-state index in [-0.39, 0.29) is 11.5 Å². The maximum Gasteiger partial charge on any atom is 0.335 e. The number of carbonyl (C=O) groups is 2. The van der Waals surface area contributed by atoms with Crippen molar-refractivity contribution in [2.45, 2.75) is 32.8 Å². The first-order valence-corrected chi connectivity index (χ1v) is 6.78. The summed E-state index contributed by atoms with van der Waals surface area (Å²) in [6.07, 6.45) is 1.54. The van der Waals surface area contributed by atoms with Crippen molar-refractivity contribution >= 4 is 11.9 Å². The Bertz CT molecular complexity index is 521. The highest BCUT2D eigenvalue weighted by atomic mass is 16.5. The van der Waals surface area contributed by atoms with Crippen LogP contribution in [-0.4, -0.2) is 41.1 Å². The minimum absolute atomic E-state index is 0.0116. The van der Waals surface area contributed by atoms with Gasteiger partial charge >= 0.3 is 5.97 Å². The molecule has 1 atom stereocenters. The molecule has 1 fully saturated rings. The number of carbonyl (C=O) groups excluding carboxylic acids is 1. The summed E-state index contributed by atoms with van der Waals surface area (Å²) in [4.78, 5) is 24.9. The number of hydrogen-bond acceptors (Lipinski definition) is 3. The molecule has 1 N–H and O–H groups in total. The Hall–Kier alpha value is -2.04. The van der Waals surface area contributed by atoms with Gasteiger partial charge in [-0.2, -0.15) is 0 Å². The van der Waals surface area contributed by atoms with Gasteiger partial charge in [0.15, 0.2) is 6.10 Å². The maximum atomic E-state index is 12.1. The van der Waals surface area contributed by atoms with E-state index in [1.54, 1.807) is 26.0 Å². The van der Waals surface area contributed by atoms with E-state index in [1.165, 1.54) is 6.07 Å². The number of aryl methyl sites for hydroxylation is 1. The summed E-state index contributed by atoms with van der Waals surface area (Å²) >= 11 is 0. The van der Waals surface area contributed by atoms with Gasteiger partial charge in [-0.3, -0.25) is 4.79 Å². The topological polar surface area (TPSA) is 66.8 Å². The first-order valence-electron chi connectivity index (χ1n) is 6.78. The predicted octanol–water partition coefficient (Wildman–Crippen LogP) is 2.08. The SMILES string of the molecule is Cc1cc(OC(C)C(=O)N2CCCC2)ccc1C(=O)O. The van der Waals surface area contributed by atoms with Gasteiger partial charge in [0.1, 0.15) is 5.75 Å². The minimum atomic E-state index is -0.963. The lowest BCUT2D eigenvalue weighted by atomic mass is 10.1. The van der Waals surface area contributed by atoms with Crippen molar-refractivity contribution in [3.05, 3.63) is 29.3 Å². The maximum absolute atomic E-state index is 12.1. The molecule has 2 rings (SSSR count). The number of nitrogens with zero attached hydrogens (tertiary/aromatic N) is 1. The van der Waals surface area contributed by atoms with E-state index in [0.29, 0.717) is 11.3 Å². The van der Waals surface area contributed by atoms with E-state index in [2.05, 4.69) is 0 Å². The summed E-state index contributed by atoms with van der Waals surface area (Å²) in [6, 6.07) is 4.74. The number of rotatable bonds is 4. The van der Waals surface area contributed by atoms with E-state index in [0.717, 1.165) is 25.9 Å². The molecular formula is C15H19NO4. The molecule has 0 saturated carbocycles. The van der Waals surface area contributed by atoms with Crippen LogP contribution in [0, 0.1) is 6.92 Å². The largest absolute Gasteiger partial charge is 0.481 e. The molecule has 0 aliphatic carbocycles. The van der Waals surface area contributed by atoms with Crippen LogP contribution in [0.1, 0.15) is 35.7 Å². The summed E-state index contributed by atoms with van der Waals surface area (Å²) in [5.74, 6) is -0.453. The normalized spacial score (nSPS) is 16.0. The fraction of sp³-hybridized carbons (Fsp3) is 0.467. The number of benzene rings is 1. The van der Waals surface area contributed by atoms with Crippen LogP contribution in [0.15, 0.2) is 18.2 Å². The summed E-state index contributed by atoms with van der Waals surface area (Å²) < 4.78 is 5.62. The molecule has 0 spiro atoms. The molecule has 20 heavy (non-hydrogen) atoms. The smallest absolute Gasteiger partial charge is 0.335 e. The average Bonchev–Trinajstić information content (AvgIpc) is 2.91. The molecule has 108 valence electrons. The number of hydrogen-bond donors (Lipinski definition) is 1. The second-order valence-corrected chi connectivity index (χ2v) is 5.07. The van der Waals surface area contributed by atoms with Crippen molar-refractivity contribution in [3.63, 3.8) is 0 Å². The van der Waals surface area contributed by atoms with Crippen molar-refractivity contribution in [1.82, 2.24) is 4.90 Å². The van der Waals surface area contributed by atoms with Crippen LogP contribution in [0.4, 0.5) is 0 Å². The highest BCUT2D eigenvalue weighted by molar-refractivity contribution is 5.89. The van der Waals surface area contributed by atoms with Crippen LogP contribution in [-0.2, 0) is 4.79 Å². The van der Waals surface area contributed by atoms with Gasteiger partial charge in [0.2, 0.25) is 0 Å². The third kappa shape index (κ3) is 3.10. The lowest BCUT2D eigenvalue weighted by molar-refractivity contribution is -0.136. The van der Waals surface area contributed by atoms with Gasteiger partial charge in [-0.25, -0.2) is 4.79 Å². The fourth-order valence-corrected chi connectivity index (χ4v) is 2.40. The second kappa shape index (κ2) is 5.94. The van der Waals surface area contributed by atoms with E-state index >= 15 is 0 Å². The Morgan fingerprint density at radius 2 is 1.95 bits per heavy atom. The van der Waals surface area contributed by atoms with E-state index in [1.807, 2.05) is 4.90 Å². The number of ether oxygens (including phenoxy) is 1. The quantitative estimate of drug-likeness (QED) is 0.915. The van der Waals surface area contributed by atoms with E-state index in [9.17, 15) is 9.59 Å². The summed E-state index contributed by atoms with van der Waals surface area (Å²) in [5, 5.41) is 8.97. The van der Waals surface area contributed by atoms with Gasteiger partial charge in [0.05, 0.1) is 5.56 Å². The molecular weight excluding hydrogens is 258 g/mol. The van der Waals surface area contributed by atoms with Gasteiger partial charge in [0.25, 0.3) is 5.91 Å². The number of likely N-dealkylation sites (tertiary alicyclic amines) is 1. The van der Waals surface area contributed by atoms with Crippen LogP contribution in [0.25, 0.3) is 0 Å². The Balaban J connectivity index is 2.04. The van der Waals surface area contributed by atoms with Crippen molar-refractivity contribution in [2.75, 3.05) is 13.1 Å². The zero-order valence-corrected chi connectivity index (χ0v) is 11.8. The molecule has 1 unspecified atom stereocenters. The molecule has 1 aliphatic heterocycles. The van der Waals surface area contributed by atoms with Crippen molar-refractivity contribution in [2.24, 2.45) is 0 Å². The minimum Gasteiger partial charge on any atom is -0.481 e. The van der Waals surface area contributed by atoms with Gasteiger partial charge in [-0.1, -0.05) is 0 Å². The molecule has 1 saturated heterocycles. The molecule has 1 aromatic rings. The Labute approximate surface area is 118 Å². The number of amides is 1. The van der Waals surface area contributed by atoms with Gasteiger partial charge < -0.3 is 14.7 Å². The third-order valence-electron chi connectivity index (χ3n) is 3.51. The number of carboxylic acid groups (broad SMARTS) is 1. The van der Waals surface area contributed by atoms with Crippen molar-refractivity contribution in [1.29, 1.82) is 0 Å². The lowest BCUT2D eigenvalue weighted by Gasteiger charge is -2.21. The lowest BCUT2D eigenvalue weighted by Crippen LogP contribution is -2.38. The monoisotopic (exact) mass is 277 g/mol. The molecule has 0 radical (unpaired) electrons. The van der Waals surface area contributed by atoms with Gasteiger partial charge in [0, 0.05) is 13.1 Å². The molecule has 1 aromatic carbocycles. The Morgan fingerprint density at radius 1 is 1.30 bits per heavy atom. The summed E-state index contributed by atoms with van der Waals surface area (Å²) in [5.41, 5.74) is 0.867. The Kier molecular flexibility index (Phi) is 4.27. The van der Waals surface area contributed by atoms with E-state index < -0.39 is 12.1 Å². The molecule has 5 heteroatoms. The molecule has 1 heterocycles. The summed E-state index contributed by atoms with van der Waals surface area (Å²) in [7, 11) is 0. The van der Waals surface area contributed by atoms with Gasteiger partial charge in [-0.15, -0.1) is 0 Å². The first kappa shape index (κ1) is 14.4. The van der Waals surface area contributed by atoms with Crippen LogP contribution in [0.5, 0.6) is 5.75 Å². The number of carboxylic acids is 1. The number of aromatic carboxylic acids is 1. The van der Waals surface area contributed by atoms with Crippen LogP contribution in [0.3, 0.4) is 0 Å². The summed E-state index contributed by atoms with van der Waals surface area (Å²) in [6.45, 7) is 5.03. The highest BCUT2D eigenvalue weighted by Gasteiger charge is 2.24.